The molecule has 5 aliphatic rings. The van der Waals surface area contributed by atoms with Crippen LogP contribution in [0.4, 0.5) is 5.82 Å². The lowest BCUT2D eigenvalue weighted by atomic mass is 9.49. The molecule has 1 aliphatic heterocycles. The molecule has 4 saturated carbocycles. The van der Waals surface area contributed by atoms with Gasteiger partial charge in [0.15, 0.2) is 0 Å². The number of hydrogen-bond donors (Lipinski definition) is 1. The predicted octanol–water partition coefficient (Wildman–Crippen LogP) is 4.90. The Morgan fingerprint density at radius 2 is 1.75 bits per heavy atom. The molecule has 154 valence electrons. The van der Waals surface area contributed by atoms with Gasteiger partial charge < -0.3 is 5.32 Å². The van der Waals surface area contributed by atoms with E-state index in [1.807, 2.05) is 0 Å². The molecule has 0 saturated heterocycles. The Morgan fingerprint density at radius 1 is 1.07 bits per heavy atom. The molecular formula is C24H38N4. The summed E-state index contributed by atoms with van der Waals surface area (Å²) in [6.45, 7) is 9.15. The molecule has 6 rings (SSSR count). The molecule has 2 heterocycles. The van der Waals surface area contributed by atoms with Gasteiger partial charge in [0, 0.05) is 31.7 Å². The molecule has 0 aromatic carbocycles. The Morgan fingerprint density at radius 3 is 2.39 bits per heavy atom. The largest absolute Gasteiger partial charge is 0.369 e. The van der Waals surface area contributed by atoms with Gasteiger partial charge in [0.25, 0.3) is 0 Å². The summed E-state index contributed by atoms with van der Waals surface area (Å²) in [7, 11) is 0. The fourth-order valence-corrected chi connectivity index (χ4v) is 7.41. The summed E-state index contributed by atoms with van der Waals surface area (Å²) in [5.74, 6) is 5.02. The van der Waals surface area contributed by atoms with Gasteiger partial charge in [-0.25, -0.2) is 9.97 Å². The van der Waals surface area contributed by atoms with Crippen molar-refractivity contribution in [2.24, 2.45) is 29.1 Å². The van der Waals surface area contributed by atoms with E-state index in [1.165, 1.54) is 69.2 Å². The van der Waals surface area contributed by atoms with Crippen LogP contribution in [0.1, 0.15) is 76.5 Å². The van der Waals surface area contributed by atoms with Crippen molar-refractivity contribution in [3.63, 3.8) is 0 Å². The monoisotopic (exact) mass is 382 g/mol. The second kappa shape index (κ2) is 7.59. The minimum atomic E-state index is 0.558. The number of anilines is 1. The van der Waals surface area contributed by atoms with Crippen molar-refractivity contribution < 1.29 is 0 Å². The van der Waals surface area contributed by atoms with E-state index in [4.69, 9.17) is 0 Å². The normalized spacial score (nSPS) is 34.0. The molecule has 28 heavy (non-hydrogen) atoms. The average Bonchev–Trinajstić information content (AvgIpc) is 2.69. The molecule has 1 N–H and O–H groups in total. The lowest BCUT2D eigenvalue weighted by Crippen LogP contribution is -2.49. The van der Waals surface area contributed by atoms with Crippen molar-refractivity contribution in [1.29, 1.82) is 0 Å². The first-order chi connectivity index (χ1) is 13.7. The Labute approximate surface area is 170 Å². The zero-order valence-electron chi connectivity index (χ0n) is 17.9. The third-order valence-electron chi connectivity index (χ3n) is 8.55. The van der Waals surface area contributed by atoms with Gasteiger partial charge in [-0.2, -0.15) is 0 Å². The van der Waals surface area contributed by atoms with E-state index >= 15 is 0 Å². The number of aromatic nitrogens is 2. The van der Waals surface area contributed by atoms with Crippen LogP contribution in [0.25, 0.3) is 0 Å². The maximum Gasteiger partial charge on any atom is 0.132 e. The molecule has 4 aliphatic carbocycles. The van der Waals surface area contributed by atoms with Crippen LogP contribution in [0.15, 0.2) is 6.33 Å². The van der Waals surface area contributed by atoms with Crippen molar-refractivity contribution >= 4 is 5.82 Å². The van der Waals surface area contributed by atoms with Gasteiger partial charge in [-0.1, -0.05) is 26.7 Å². The van der Waals surface area contributed by atoms with E-state index in [9.17, 15) is 0 Å². The van der Waals surface area contributed by atoms with E-state index in [0.717, 1.165) is 55.5 Å². The second-order valence-corrected chi connectivity index (χ2v) is 10.6. The van der Waals surface area contributed by atoms with Gasteiger partial charge in [-0.15, -0.1) is 0 Å². The molecule has 0 atom stereocenters. The summed E-state index contributed by atoms with van der Waals surface area (Å²) in [4.78, 5) is 12.0. The van der Waals surface area contributed by atoms with Crippen LogP contribution >= 0.6 is 0 Å². The van der Waals surface area contributed by atoms with Crippen molar-refractivity contribution in [2.45, 2.75) is 78.2 Å². The van der Waals surface area contributed by atoms with E-state index in [2.05, 4.69) is 34.0 Å². The van der Waals surface area contributed by atoms with Gasteiger partial charge in [-0.05, 0) is 74.0 Å². The van der Waals surface area contributed by atoms with Crippen LogP contribution in [0.5, 0.6) is 0 Å². The fourth-order valence-electron chi connectivity index (χ4n) is 7.41. The Bertz CT molecular complexity index is 661. The summed E-state index contributed by atoms with van der Waals surface area (Å²) in [6, 6.07) is 0. The summed E-state index contributed by atoms with van der Waals surface area (Å²) in [5.41, 5.74) is 3.22. The topological polar surface area (TPSA) is 41.1 Å². The molecule has 1 aromatic rings. The van der Waals surface area contributed by atoms with Gasteiger partial charge in [0.05, 0.1) is 5.69 Å². The quantitative estimate of drug-likeness (QED) is 0.728. The first kappa shape index (κ1) is 18.8. The highest BCUT2D eigenvalue weighted by molar-refractivity contribution is 5.47. The minimum Gasteiger partial charge on any atom is -0.369 e. The molecule has 4 heteroatoms. The SMILES string of the molecule is CCC(CC)CN1CCc2c(ncnc2NCC23CC4CC(CC(C4)C2)C3)C1. The maximum absolute atomic E-state index is 4.69. The number of nitrogens with zero attached hydrogens (tertiary/aromatic N) is 3. The molecule has 1 aromatic heterocycles. The van der Waals surface area contributed by atoms with Gasteiger partial charge in [0.2, 0.25) is 0 Å². The molecular weight excluding hydrogens is 344 g/mol. The first-order valence-electron chi connectivity index (χ1n) is 12.0. The highest BCUT2D eigenvalue weighted by atomic mass is 15.1. The van der Waals surface area contributed by atoms with Crippen LogP contribution in [0, 0.1) is 29.1 Å². The van der Waals surface area contributed by atoms with Crippen molar-refractivity contribution in [3.05, 3.63) is 17.6 Å². The van der Waals surface area contributed by atoms with Crippen molar-refractivity contribution in [1.82, 2.24) is 14.9 Å². The molecule has 4 bridgehead atoms. The highest BCUT2D eigenvalue weighted by Crippen LogP contribution is 2.59. The minimum absolute atomic E-state index is 0.558. The zero-order valence-corrected chi connectivity index (χ0v) is 17.9. The lowest BCUT2D eigenvalue weighted by Gasteiger charge is -2.57. The summed E-state index contributed by atoms with van der Waals surface area (Å²) < 4.78 is 0. The molecule has 0 radical (unpaired) electrons. The van der Waals surface area contributed by atoms with E-state index in [0.29, 0.717) is 5.41 Å². The van der Waals surface area contributed by atoms with Crippen molar-refractivity contribution in [3.8, 4) is 0 Å². The molecule has 0 unspecified atom stereocenters. The van der Waals surface area contributed by atoms with Crippen molar-refractivity contribution in [2.75, 3.05) is 25.0 Å². The zero-order chi connectivity index (χ0) is 19.1. The fraction of sp³-hybridized carbons (Fsp3) is 0.833. The number of nitrogens with one attached hydrogen (secondary N) is 1. The smallest absolute Gasteiger partial charge is 0.132 e. The Balaban J connectivity index is 1.25. The van der Waals surface area contributed by atoms with E-state index in [-0.39, 0.29) is 0 Å². The Hall–Kier alpha value is -1.16. The summed E-state index contributed by atoms with van der Waals surface area (Å²) in [5, 5.41) is 3.84. The van der Waals surface area contributed by atoms with Gasteiger partial charge in [0.1, 0.15) is 12.1 Å². The second-order valence-electron chi connectivity index (χ2n) is 10.6. The van der Waals surface area contributed by atoms with Gasteiger partial charge >= 0.3 is 0 Å². The third kappa shape index (κ3) is 3.58. The number of rotatable bonds is 7. The van der Waals surface area contributed by atoms with Crippen LogP contribution in [-0.2, 0) is 13.0 Å². The van der Waals surface area contributed by atoms with Crippen LogP contribution < -0.4 is 5.32 Å². The maximum atomic E-state index is 4.69. The summed E-state index contributed by atoms with van der Waals surface area (Å²) >= 11 is 0. The van der Waals surface area contributed by atoms with E-state index in [1.54, 1.807) is 6.33 Å². The standard InChI is InChI=1S/C24H38N4/c1-3-17(4-2)13-28-6-5-21-22(14-28)26-16-27-23(21)25-15-24-10-18-7-19(11-24)9-20(8-18)12-24/h16-20H,3-15H2,1-2H3,(H,25,26,27). The predicted molar refractivity (Wildman–Crippen MR) is 114 cm³/mol. The Kier molecular flexibility index (Phi) is 5.11. The van der Waals surface area contributed by atoms with E-state index < -0.39 is 0 Å². The molecule has 0 amide bonds. The molecule has 0 spiro atoms. The molecule has 4 fully saturated rings. The highest BCUT2D eigenvalue weighted by Gasteiger charge is 2.50. The van der Waals surface area contributed by atoms with Crippen LogP contribution in [0.2, 0.25) is 0 Å². The average molecular weight is 383 g/mol. The lowest BCUT2D eigenvalue weighted by molar-refractivity contribution is -0.0444. The third-order valence-corrected chi connectivity index (χ3v) is 8.55. The number of hydrogen-bond acceptors (Lipinski definition) is 4. The molecule has 4 nitrogen and oxygen atoms in total. The van der Waals surface area contributed by atoms with Crippen LogP contribution in [-0.4, -0.2) is 34.5 Å². The first-order valence-corrected chi connectivity index (χ1v) is 12.0. The number of fused-ring (bicyclic) bond motifs is 1. The summed E-state index contributed by atoms with van der Waals surface area (Å²) in [6.07, 6.45) is 14.4. The van der Waals surface area contributed by atoms with Crippen LogP contribution in [0.3, 0.4) is 0 Å². The van der Waals surface area contributed by atoms with Gasteiger partial charge in [-0.3, -0.25) is 4.90 Å².